The smallest absolute Gasteiger partial charge is 0.252 e. The number of fused-ring (bicyclic) bond motifs is 1. The molecule has 4 heteroatoms. The molecular weight excluding hydrogens is 274 g/mol. The van der Waals surface area contributed by atoms with E-state index in [1.54, 1.807) is 0 Å². The van der Waals surface area contributed by atoms with Gasteiger partial charge in [0.25, 0.3) is 5.91 Å². The molecule has 1 aromatic carbocycles. The van der Waals surface area contributed by atoms with Crippen LogP contribution >= 0.6 is 0 Å². The van der Waals surface area contributed by atoms with Gasteiger partial charge in [-0.15, -0.1) is 0 Å². The highest BCUT2D eigenvalue weighted by Gasteiger charge is 2.21. The van der Waals surface area contributed by atoms with Crippen LogP contribution in [0.2, 0.25) is 0 Å². The summed E-state index contributed by atoms with van der Waals surface area (Å²) in [6, 6.07) is 13.8. The van der Waals surface area contributed by atoms with Crippen LogP contribution in [0.1, 0.15) is 23.2 Å². The van der Waals surface area contributed by atoms with Crippen LogP contribution in [0, 0.1) is 5.92 Å². The van der Waals surface area contributed by atoms with E-state index in [0.717, 1.165) is 23.4 Å². The second-order valence-electron chi connectivity index (χ2n) is 5.83. The van der Waals surface area contributed by atoms with E-state index in [1.807, 2.05) is 59.3 Å². The van der Waals surface area contributed by atoms with Gasteiger partial charge in [0.1, 0.15) is 5.65 Å². The average Bonchev–Trinajstić information content (AvgIpc) is 3.29. The number of carbonyl (C=O) groups is 1. The number of amides is 1. The Morgan fingerprint density at radius 2 is 1.95 bits per heavy atom. The van der Waals surface area contributed by atoms with Crippen molar-refractivity contribution >= 4 is 11.6 Å². The van der Waals surface area contributed by atoms with E-state index in [4.69, 9.17) is 0 Å². The molecule has 0 atom stereocenters. The molecule has 2 aromatic heterocycles. The molecule has 1 N–H and O–H groups in total. The summed E-state index contributed by atoms with van der Waals surface area (Å²) in [5.41, 5.74) is 3.50. The third-order valence-corrected chi connectivity index (χ3v) is 4.03. The lowest BCUT2D eigenvalue weighted by Gasteiger charge is -2.04. The Bertz CT molecular complexity index is 819. The maximum Gasteiger partial charge on any atom is 0.252 e. The number of carbonyl (C=O) groups excluding carboxylic acids is 1. The van der Waals surface area contributed by atoms with E-state index in [9.17, 15) is 4.79 Å². The van der Waals surface area contributed by atoms with E-state index in [0.29, 0.717) is 11.5 Å². The van der Waals surface area contributed by atoms with Crippen molar-refractivity contribution in [3.63, 3.8) is 0 Å². The highest BCUT2D eigenvalue weighted by Crippen LogP contribution is 2.27. The highest BCUT2D eigenvalue weighted by atomic mass is 16.1. The number of aromatic nitrogens is 2. The second kappa shape index (κ2) is 5.30. The van der Waals surface area contributed by atoms with Crippen molar-refractivity contribution in [2.45, 2.75) is 12.8 Å². The Morgan fingerprint density at radius 3 is 2.73 bits per heavy atom. The number of imidazole rings is 1. The van der Waals surface area contributed by atoms with Crippen molar-refractivity contribution in [3.8, 4) is 11.3 Å². The molecule has 1 fully saturated rings. The van der Waals surface area contributed by atoms with Crippen molar-refractivity contribution in [3.05, 3.63) is 60.4 Å². The molecule has 0 spiro atoms. The van der Waals surface area contributed by atoms with Gasteiger partial charge < -0.3 is 9.72 Å². The van der Waals surface area contributed by atoms with Gasteiger partial charge in [0, 0.05) is 24.5 Å². The van der Waals surface area contributed by atoms with Gasteiger partial charge in [-0.2, -0.15) is 0 Å². The zero-order valence-electron chi connectivity index (χ0n) is 12.2. The van der Waals surface area contributed by atoms with Gasteiger partial charge >= 0.3 is 0 Å². The van der Waals surface area contributed by atoms with Gasteiger partial charge in [0.2, 0.25) is 0 Å². The summed E-state index contributed by atoms with van der Waals surface area (Å²) >= 11 is 0. The van der Waals surface area contributed by atoms with Crippen molar-refractivity contribution in [2.75, 3.05) is 6.54 Å². The minimum Gasteiger partial charge on any atom is -0.352 e. The standard InChI is InChI=1S/C18H17N3O/c22-18(19-10-13-6-7-13)15-8-9-17-20-16(12-21(17)11-15)14-4-2-1-3-5-14/h1-5,8-9,11-13H,6-7,10H2,(H,19,22). The molecule has 4 rings (SSSR count). The van der Waals surface area contributed by atoms with Gasteiger partial charge in [0.05, 0.1) is 11.3 Å². The molecule has 0 aliphatic heterocycles. The SMILES string of the molecule is O=C(NCC1CC1)c1ccc2nc(-c3ccccc3)cn2c1. The summed E-state index contributed by atoms with van der Waals surface area (Å²) in [5.74, 6) is 0.675. The monoisotopic (exact) mass is 291 g/mol. The summed E-state index contributed by atoms with van der Waals surface area (Å²) in [6.07, 6.45) is 6.28. The van der Waals surface area contributed by atoms with Gasteiger partial charge in [-0.3, -0.25) is 4.79 Å². The molecule has 0 unspecified atom stereocenters. The topological polar surface area (TPSA) is 46.4 Å². The average molecular weight is 291 g/mol. The summed E-state index contributed by atoms with van der Waals surface area (Å²) < 4.78 is 1.91. The van der Waals surface area contributed by atoms with Crippen LogP contribution in [-0.4, -0.2) is 21.8 Å². The lowest BCUT2D eigenvalue weighted by atomic mass is 10.2. The van der Waals surface area contributed by atoms with Crippen LogP contribution in [0.5, 0.6) is 0 Å². The van der Waals surface area contributed by atoms with Gasteiger partial charge in [0.15, 0.2) is 0 Å². The van der Waals surface area contributed by atoms with E-state index in [-0.39, 0.29) is 5.91 Å². The Morgan fingerprint density at radius 1 is 1.14 bits per heavy atom. The van der Waals surface area contributed by atoms with Crippen LogP contribution in [0.3, 0.4) is 0 Å². The zero-order valence-corrected chi connectivity index (χ0v) is 12.2. The molecule has 0 bridgehead atoms. The van der Waals surface area contributed by atoms with Crippen molar-refractivity contribution in [2.24, 2.45) is 5.92 Å². The highest BCUT2D eigenvalue weighted by molar-refractivity contribution is 5.94. The van der Waals surface area contributed by atoms with Crippen LogP contribution in [0.25, 0.3) is 16.9 Å². The van der Waals surface area contributed by atoms with E-state index in [2.05, 4.69) is 10.3 Å². The molecule has 0 saturated heterocycles. The lowest BCUT2D eigenvalue weighted by molar-refractivity contribution is 0.0951. The van der Waals surface area contributed by atoms with Gasteiger partial charge in [-0.25, -0.2) is 4.98 Å². The fraction of sp³-hybridized carbons (Fsp3) is 0.222. The van der Waals surface area contributed by atoms with Crippen LogP contribution in [0.15, 0.2) is 54.9 Å². The Kier molecular flexibility index (Phi) is 3.15. The van der Waals surface area contributed by atoms with Gasteiger partial charge in [-0.1, -0.05) is 30.3 Å². The molecule has 3 aromatic rings. The van der Waals surface area contributed by atoms with E-state index < -0.39 is 0 Å². The first-order valence-electron chi connectivity index (χ1n) is 7.62. The molecule has 22 heavy (non-hydrogen) atoms. The molecular formula is C18H17N3O. The number of nitrogens with zero attached hydrogens (tertiary/aromatic N) is 2. The first-order valence-corrected chi connectivity index (χ1v) is 7.62. The predicted molar refractivity (Wildman–Crippen MR) is 85.7 cm³/mol. The summed E-state index contributed by atoms with van der Waals surface area (Å²) in [4.78, 5) is 16.8. The molecule has 1 aliphatic carbocycles. The lowest BCUT2D eigenvalue weighted by Crippen LogP contribution is -2.25. The van der Waals surface area contributed by atoms with E-state index >= 15 is 0 Å². The molecule has 1 amide bonds. The molecule has 0 radical (unpaired) electrons. The van der Waals surface area contributed by atoms with Gasteiger partial charge in [-0.05, 0) is 30.9 Å². The maximum atomic E-state index is 12.2. The molecule has 4 nitrogen and oxygen atoms in total. The number of nitrogens with one attached hydrogen (secondary N) is 1. The maximum absolute atomic E-state index is 12.2. The minimum atomic E-state index is -0.0104. The summed E-state index contributed by atoms with van der Waals surface area (Å²) in [7, 11) is 0. The molecule has 2 heterocycles. The Labute approximate surface area is 128 Å². The molecule has 1 aliphatic rings. The fourth-order valence-corrected chi connectivity index (χ4v) is 2.54. The van der Waals surface area contributed by atoms with Crippen LogP contribution in [-0.2, 0) is 0 Å². The number of hydrogen-bond donors (Lipinski definition) is 1. The number of pyridine rings is 1. The third kappa shape index (κ3) is 2.60. The Balaban J connectivity index is 1.61. The van der Waals surface area contributed by atoms with Crippen molar-refractivity contribution in [1.82, 2.24) is 14.7 Å². The summed E-state index contributed by atoms with van der Waals surface area (Å²) in [5, 5.41) is 2.99. The number of benzene rings is 1. The fourth-order valence-electron chi connectivity index (χ4n) is 2.54. The molecule has 110 valence electrons. The zero-order chi connectivity index (χ0) is 14.9. The Hall–Kier alpha value is -2.62. The normalized spacial score (nSPS) is 14.2. The number of rotatable bonds is 4. The summed E-state index contributed by atoms with van der Waals surface area (Å²) in [6.45, 7) is 0.788. The second-order valence-corrected chi connectivity index (χ2v) is 5.83. The first kappa shape index (κ1) is 13.1. The predicted octanol–water partition coefficient (Wildman–Crippen LogP) is 3.14. The van der Waals surface area contributed by atoms with E-state index in [1.165, 1.54) is 12.8 Å². The van der Waals surface area contributed by atoms with Crippen molar-refractivity contribution in [1.29, 1.82) is 0 Å². The minimum absolute atomic E-state index is 0.0104. The third-order valence-electron chi connectivity index (χ3n) is 4.03. The van der Waals surface area contributed by atoms with Crippen molar-refractivity contribution < 1.29 is 4.79 Å². The first-order chi connectivity index (χ1) is 10.8. The quantitative estimate of drug-likeness (QED) is 0.802. The van der Waals surface area contributed by atoms with Crippen LogP contribution in [0.4, 0.5) is 0 Å². The largest absolute Gasteiger partial charge is 0.352 e. The molecule has 1 saturated carbocycles. The number of hydrogen-bond acceptors (Lipinski definition) is 2. The van der Waals surface area contributed by atoms with Crippen LogP contribution < -0.4 is 5.32 Å².